The zero-order valence-corrected chi connectivity index (χ0v) is 16.2. The fraction of sp³-hybridized carbons (Fsp3) is 0.636. The topological polar surface area (TPSA) is 60.9 Å². The number of hydrogen-bond donors (Lipinski definition) is 1. The second-order valence-corrected chi connectivity index (χ2v) is 8.07. The Morgan fingerprint density at radius 3 is 2.48 bits per heavy atom. The second-order valence-electron chi connectivity index (χ2n) is 8.07. The number of anilines is 1. The van der Waals surface area contributed by atoms with Gasteiger partial charge in [0, 0.05) is 24.7 Å². The lowest BCUT2D eigenvalue weighted by molar-refractivity contribution is -0.137. The van der Waals surface area contributed by atoms with Gasteiger partial charge in [-0.15, -0.1) is 0 Å². The molecule has 1 aliphatic carbocycles. The predicted molar refractivity (Wildman–Crippen MR) is 107 cm³/mol. The van der Waals surface area contributed by atoms with E-state index in [1.165, 1.54) is 19.3 Å². The number of amides is 1. The Morgan fingerprint density at radius 1 is 1.04 bits per heavy atom. The van der Waals surface area contributed by atoms with Gasteiger partial charge >= 0.3 is 5.97 Å². The van der Waals surface area contributed by atoms with Crippen LogP contribution in [-0.2, 0) is 9.59 Å². The Bertz CT molecular complexity index is 613. The maximum atomic E-state index is 13.3. The van der Waals surface area contributed by atoms with Crippen LogP contribution >= 0.6 is 0 Å². The molecule has 1 heterocycles. The van der Waals surface area contributed by atoms with Crippen molar-refractivity contribution in [3.63, 3.8) is 0 Å². The van der Waals surface area contributed by atoms with Gasteiger partial charge in [0.05, 0.1) is 6.54 Å². The first kappa shape index (κ1) is 19.9. The molecule has 148 valence electrons. The highest BCUT2D eigenvalue weighted by atomic mass is 16.4. The molecule has 1 saturated carbocycles. The number of rotatable bonds is 7. The van der Waals surface area contributed by atoms with Crippen LogP contribution < -0.4 is 4.90 Å². The van der Waals surface area contributed by atoms with E-state index in [1.54, 1.807) is 0 Å². The molecule has 1 atom stereocenters. The van der Waals surface area contributed by atoms with Gasteiger partial charge in [-0.2, -0.15) is 0 Å². The smallest absolute Gasteiger partial charge is 0.303 e. The number of piperidine rings is 1. The van der Waals surface area contributed by atoms with Gasteiger partial charge in [-0.3, -0.25) is 14.5 Å². The van der Waals surface area contributed by atoms with Crippen molar-refractivity contribution in [2.45, 2.75) is 63.8 Å². The molecule has 1 N–H and O–H groups in total. The van der Waals surface area contributed by atoms with Crippen molar-refractivity contribution in [3.05, 3.63) is 30.3 Å². The molecular weight excluding hydrogens is 340 g/mol. The summed E-state index contributed by atoms with van der Waals surface area (Å²) < 4.78 is 0. The largest absolute Gasteiger partial charge is 0.481 e. The van der Waals surface area contributed by atoms with Gasteiger partial charge in [-0.25, -0.2) is 0 Å². The zero-order chi connectivity index (χ0) is 19.1. The van der Waals surface area contributed by atoms with E-state index in [-0.39, 0.29) is 12.3 Å². The van der Waals surface area contributed by atoms with Crippen LogP contribution in [0.15, 0.2) is 30.3 Å². The Balaban J connectivity index is 1.64. The molecule has 1 aliphatic heterocycles. The number of carboxylic acid groups (broad SMARTS) is 1. The molecule has 1 saturated heterocycles. The SMILES string of the molecule is O=C(O)CCC1CCCN(CC(=O)N(c2ccccc2)C2CCCCC2)C1. The molecule has 0 bridgehead atoms. The summed E-state index contributed by atoms with van der Waals surface area (Å²) in [5.41, 5.74) is 1.01. The monoisotopic (exact) mass is 372 g/mol. The Labute approximate surface area is 162 Å². The number of carboxylic acids is 1. The second kappa shape index (κ2) is 9.88. The van der Waals surface area contributed by atoms with Gasteiger partial charge in [0.25, 0.3) is 0 Å². The molecule has 1 unspecified atom stereocenters. The highest BCUT2D eigenvalue weighted by Gasteiger charge is 2.29. The summed E-state index contributed by atoms with van der Waals surface area (Å²) in [6.07, 6.45) is 8.89. The molecule has 5 nitrogen and oxygen atoms in total. The van der Waals surface area contributed by atoms with Gasteiger partial charge in [0.15, 0.2) is 0 Å². The van der Waals surface area contributed by atoms with Gasteiger partial charge in [-0.1, -0.05) is 37.5 Å². The fourth-order valence-corrected chi connectivity index (χ4v) is 4.61. The summed E-state index contributed by atoms with van der Waals surface area (Å²) in [4.78, 5) is 28.4. The molecule has 0 spiro atoms. The van der Waals surface area contributed by atoms with E-state index in [0.717, 1.165) is 44.5 Å². The van der Waals surface area contributed by atoms with Crippen molar-refractivity contribution < 1.29 is 14.7 Å². The van der Waals surface area contributed by atoms with E-state index >= 15 is 0 Å². The Hall–Kier alpha value is -1.88. The van der Waals surface area contributed by atoms with E-state index in [9.17, 15) is 9.59 Å². The van der Waals surface area contributed by atoms with Gasteiger partial charge < -0.3 is 10.0 Å². The standard InChI is InChI=1S/C22H32N2O3/c25-21(17-23-15-7-8-18(16-23)13-14-22(26)27)24(19-9-3-1-4-10-19)20-11-5-2-6-12-20/h1,3-4,9-10,18,20H,2,5-8,11-17H2,(H,26,27). The van der Waals surface area contributed by atoms with E-state index in [1.807, 2.05) is 35.2 Å². The average Bonchev–Trinajstić information content (AvgIpc) is 2.68. The third kappa shape index (κ3) is 5.80. The third-order valence-electron chi connectivity index (χ3n) is 5.97. The van der Waals surface area contributed by atoms with Crippen molar-refractivity contribution in [1.29, 1.82) is 0 Å². The van der Waals surface area contributed by atoms with Crippen LogP contribution in [0, 0.1) is 5.92 Å². The molecule has 27 heavy (non-hydrogen) atoms. The van der Waals surface area contributed by atoms with Crippen molar-refractivity contribution in [1.82, 2.24) is 4.90 Å². The van der Waals surface area contributed by atoms with Gasteiger partial charge in [-0.05, 0) is 56.7 Å². The summed E-state index contributed by atoms with van der Waals surface area (Å²) in [5.74, 6) is -0.148. The van der Waals surface area contributed by atoms with Crippen molar-refractivity contribution >= 4 is 17.6 Å². The average molecular weight is 373 g/mol. The molecule has 0 aromatic heterocycles. The quantitative estimate of drug-likeness (QED) is 0.788. The van der Waals surface area contributed by atoms with Crippen LogP contribution in [0.1, 0.15) is 57.8 Å². The van der Waals surface area contributed by atoms with Crippen molar-refractivity contribution in [2.24, 2.45) is 5.92 Å². The number of carbonyl (C=O) groups excluding carboxylic acids is 1. The molecule has 2 fully saturated rings. The van der Waals surface area contributed by atoms with E-state index in [2.05, 4.69) is 4.90 Å². The van der Waals surface area contributed by atoms with Crippen molar-refractivity contribution in [3.8, 4) is 0 Å². The van der Waals surface area contributed by atoms with Gasteiger partial charge in [0.2, 0.25) is 5.91 Å². The maximum Gasteiger partial charge on any atom is 0.303 e. The number of nitrogens with zero attached hydrogens (tertiary/aromatic N) is 2. The first-order valence-corrected chi connectivity index (χ1v) is 10.4. The van der Waals surface area contributed by atoms with Crippen LogP contribution in [0.5, 0.6) is 0 Å². The number of likely N-dealkylation sites (tertiary alicyclic amines) is 1. The summed E-state index contributed by atoms with van der Waals surface area (Å²) in [6.45, 7) is 2.21. The molecule has 0 radical (unpaired) electrons. The zero-order valence-electron chi connectivity index (χ0n) is 16.2. The summed E-state index contributed by atoms with van der Waals surface area (Å²) in [7, 11) is 0. The molecule has 1 amide bonds. The van der Waals surface area contributed by atoms with Crippen LogP contribution in [0.2, 0.25) is 0 Å². The minimum absolute atomic E-state index is 0.187. The number of hydrogen-bond acceptors (Lipinski definition) is 3. The van der Waals surface area contributed by atoms with E-state index in [0.29, 0.717) is 24.9 Å². The number of para-hydroxylation sites is 1. The van der Waals surface area contributed by atoms with Crippen LogP contribution in [0.4, 0.5) is 5.69 Å². The lowest BCUT2D eigenvalue weighted by atomic mass is 9.92. The Morgan fingerprint density at radius 2 is 1.78 bits per heavy atom. The number of benzene rings is 1. The van der Waals surface area contributed by atoms with E-state index in [4.69, 9.17) is 5.11 Å². The highest BCUT2D eigenvalue weighted by molar-refractivity contribution is 5.95. The minimum Gasteiger partial charge on any atom is -0.481 e. The fourth-order valence-electron chi connectivity index (χ4n) is 4.61. The van der Waals surface area contributed by atoms with Crippen LogP contribution in [0.3, 0.4) is 0 Å². The minimum atomic E-state index is -0.726. The lowest BCUT2D eigenvalue weighted by Crippen LogP contribution is -2.48. The van der Waals surface area contributed by atoms with Gasteiger partial charge in [0.1, 0.15) is 0 Å². The third-order valence-corrected chi connectivity index (χ3v) is 5.97. The lowest BCUT2D eigenvalue weighted by Gasteiger charge is -2.37. The molecule has 2 aliphatic rings. The molecular formula is C22H32N2O3. The highest BCUT2D eigenvalue weighted by Crippen LogP contribution is 2.28. The normalized spacial score (nSPS) is 21.7. The van der Waals surface area contributed by atoms with Crippen molar-refractivity contribution in [2.75, 3.05) is 24.5 Å². The predicted octanol–water partition coefficient (Wildman–Crippen LogP) is 3.93. The first-order chi connectivity index (χ1) is 13.1. The van der Waals surface area contributed by atoms with Crippen LogP contribution in [-0.4, -0.2) is 47.6 Å². The van der Waals surface area contributed by atoms with E-state index < -0.39 is 5.97 Å². The molecule has 1 aromatic carbocycles. The summed E-state index contributed by atoms with van der Waals surface area (Å²) in [5, 5.41) is 8.92. The summed E-state index contributed by atoms with van der Waals surface area (Å²) >= 11 is 0. The molecule has 5 heteroatoms. The Kier molecular flexibility index (Phi) is 7.27. The molecule has 1 aromatic rings. The maximum absolute atomic E-state index is 13.3. The number of carbonyl (C=O) groups is 2. The summed E-state index contributed by atoms with van der Waals surface area (Å²) in [6, 6.07) is 10.4. The first-order valence-electron chi connectivity index (χ1n) is 10.4. The molecule has 3 rings (SSSR count). The van der Waals surface area contributed by atoms with Crippen LogP contribution in [0.25, 0.3) is 0 Å². The number of aliphatic carboxylic acids is 1.